The van der Waals surface area contributed by atoms with Crippen LogP contribution < -0.4 is 20.2 Å². The minimum atomic E-state index is -0.380. The van der Waals surface area contributed by atoms with E-state index in [1.165, 1.54) is 11.8 Å². The predicted molar refractivity (Wildman–Crippen MR) is 160 cm³/mol. The highest BCUT2D eigenvalue weighted by Gasteiger charge is 2.31. The van der Waals surface area contributed by atoms with Crippen LogP contribution in [0.3, 0.4) is 0 Å². The fourth-order valence-corrected chi connectivity index (χ4v) is 4.86. The molecular weight excluding hydrogens is 532 g/mol. The molecule has 0 aromatic heterocycles. The first-order valence-electron chi connectivity index (χ1n) is 12.1. The Kier molecular flexibility index (Phi) is 9.35. The van der Waals surface area contributed by atoms with Gasteiger partial charge in [-0.3, -0.25) is 14.5 Å². The number of thiocarbonyl (C=S) groups is 1. The SMILES string of the molecule is COc1ccc(/C(C)=N\NC(=O)COc2ccc(/C=C3\SC(=S)N(CNc4ccccc4C)C3=O)cc2)cc1. The Morgan fingerprint density at radius 3 is 2.44 bits per heavy atom. The van der Waals surface area contributed by atoms with Gasteiger partial charge in [0.05, 0.1) is 24.4 Å². The van der Waals surface area contributed by atoms with Gasteiger partial charge in [0.15, 0.2) is 6.61 Å². The maximum Gasteiger partial charge on any atom is 0.277 e. The Morgan fingerprint density at radius 1 is 1.05 bits per heavy atom. The van der Waals surface area contributed by atoms with Gasteiger partial charge in [0.25, 0.3) is 11.8 Å². The number of carbonyl (C=O) groups is 2. The molecule has 1 aliphatic rings. The molecule has 0 atom stereocenters. The second-order valence-corrected chi connectivity index (χ2v) is 10.3. The molecule has 8 nitrogen and oxygen atoms in total. The van der Waals surface area contributed by atoms with Crippen LogP contribution in [0.15, 0.2) is 82.8 Å². The van der Waals surface area contributed by atoms with E-state index in [2.05, 4.69) is 15.8 Å². The molecule has 2 amide bonds. The van der Waals surface area contributed by atoms with Gasteiger partial charge in [-0.2, -0.15) is 5.10 Å². The van der Waals surface area contributed by atoms with Crippen LogP contribution in [0, 0.1) is 6.92 Å². The fraction of sp³-hybridized carbons (Fsp3) is 0.172. The molecule has 0 bridgehead atoms. The predicted octanol–water partition coefficient (Wildman–Crippen LogP) is 5.19. The molecule has 0 aliphatic carbocycles. The highest BCUT2D eigenvalue weighted by molar-refractivity contribution is 8.26. The zero-order valence-electron chi connectivity index (χ0n) is 21.8. The van der Waals surface area contributed by atoms with Crippen LogP contribution in [0.5, 0.6) is 11.5 Å². The van der Waals surface area contributed by atoms with E-state index in [9.17, 15) is 9.59 Å². The van der Waals surface area contributed by atoms with E-state index in [4.69, 9.17) is 21.7 Å². The van der Waals surface area contributed by atoms with Gasteiger partial charge < -0.3 is 14.8 Å². The molecule has 3 aromatic carbocycles. The molecule has 39 heavy (non-hydrogen) atoms. The number of anilines is 1. The summed E-state index contributed by atoms with van der Waals surface area (Å²) < 4.78 is 11.2. The number of hydrogen-bond acceptors (Lipinski definition) is 8. The van der Waals surface area contributed by atoms with E-state index in [0.717, 1.165) is 28.1 Å². The number of rotatable bonds is 10. The molecule has 2 N–H and O–H groups in total. The monoisotopic (exact) mass is 560 g/mol. The van der Waals surface area contributed by atoms with E-state index in [0.29, 0.717) is 27.4 Å². The lowest BCUT2D eigenvalue weighted by atomic mass is 10.1. The lowest BCUT2D eigenvalue weighted by Gasteiger charge is -2.17. The fourth-order valence-electron chi connectivity index (χ4n) is 3.61. The maximum atomic E-state index is 12.9. The Bertz CT molecular complexity index is 1420. The van der Waals surface area contributed by atoms with Gasteiger partial charge in [-0.25, -0.2) is 5.43 Å². The summed E-state index contributed by atoms with van der Waals surface area (Å²) in [5.74, 6) is 0.744. The van der Waals surface area contributed by atoms with Crippen LogP contribution in [0.4, 0.5) is 5.69 Å². The van der Waals surface area contributed by atoms with Gasteiger partial charge in [-0.1, -0.05) is 54.3 Å². The zero-order valence-corrected chi connectivity index (χ0v) is 23.4. The Labute approximate surface area is 237 Å². The molecule has 0 unspecified atom stereocenters. The molecule has 1 saturated heterocycles. The van der Waals surface area contributed by atoms with E-state index in [-0.39, 0.29) is 18.4 Å². The average Bonchev–Trinajstić information content (AvgIpc) is 3.22. The van der Waals surface area contributed by atoms with Crippen LogP contribution in [-0.4, -0.2) is 47.1 Å². The zero-order chi connectivity index (χ0) is 27.8. The molecule has 0 radical (unpaired) electrons. The summed E-state index contributed by atoms with van der Waals surface area (Å²) in [6, 6.07) is 22.4. The van der Waals surface area contributed by atoms with Gasteiger partial charge in [0.1, 0.15) is 15.8 Å². The third-order valence-electron chi connectivity index (χ3n) is 5.85. The number of para-hydroxylation sites is 1. The smallest absolute Gasteiger partial charge is 0.277 e. The first-order valence-corrected chi connectivity index (χ1v) is 13.3. The van der Waals surface area contributed by atoms with Gasteiger partial charge in [0.2, 0.25) is 0 Å². The molecule has 1 aliphatic heterocycles. The number of hydrazone groups is 1. The van der Waals surface area contributed by atoms with Gasteiger partial charge in [-0.05, 0) is 79.1 Å². The lowest BCUT2D eigenvalue weighted by molar-refractivity contribution is -0.123. The van der Waals surface area contributed by atoms with Crippen molar-refractivity contribution in [1.29, 1.82) is 0 Å². The third kappa shape index (κ3) is 7.46. The van der Waals surface area contributed by atoms with E-state index in [1.54, 1.807) is 37.1 Å². The molecule has 1 heterocycles. The number of amides is 2. The number of carbonyl (C=O) groups excluding carboxylic acids is 2. The third-order valence-corrected chi connectivity index (χ3v) is 7.23. The summed E-state index contributed by atoms with van der Waals surface area (Å²) in [6.45, 7) is 3.91. The highest BCUT2D eigenvalue weighted by Crippen LogP contribution is 2.32. The number of nitrogens with zero attached hydrogens (tertiary/aromatic N) is 2. The van der Waals surface area contributed by atoms with Crippen LogP contribution in [0.25, 0.3) is 6.08 Å². The van der Waals surface area contributed by atoms with E-state index >= 15 is 0 Å². The van der Waals surface area contributed by atoms with E-state index < -0.39 is 0 Å². The Hall–Kier alpha value is -4.15. The van der Waals surface area contributed by atoms with Crippen LogP contribution >= 0.6 is 24.0 Å². The quantitative estimate of drug-likeness (QED) is 0.153. The van der Waals surface area contributed by atoms with Crippen molar-refractivity contribution in [2.75, 3.05) is 25.7 Å². The first-order chi connectivity index (χ1) is 18.8. The van der Waals surface area contributed by atoms with E-state index in [1.807, 2.05) is 67.6 Å². The van der Waals surface area contributed by atoms with Crippen LogP contribution in [-0.2, 0) is 9.59 Å². The summed E-state index contributed by atoms with van der Waals surface area (Å²) in [7, 11) is 1.60. The largest absolute Gasteiger partial charge is 0.497 e. The summed E-state index contributed by atoms with van der Waals surface area (Å²) in [4.78, 5) is 27.2. The Morgan fingerprint density at radius 2 is 1.74 bits per heavy atom. The van der Waals surface area contributed by atoms with Crippen LogP contribution in [0.2, 0.25) is 0 Å². The van der Waals surface area contributed by atoms with Crippen molar-refractivity contribution < 1.29 is 19.1 Å². The van der Waals surface area contributed by atoms with Gasteiger partial charge in [-0.15, -0.1) is 0 Å². The second kappa shape index (κ2) is 13.1. The topological polar surface area (TPSA) is 92.3 Å². The number of aryl methyl sites for hydroxylation is 1. The van der Waals surface area contributed by atoms with Crippen molar-refractivity contribution in [2.45, 2.75) is 13.8 Å². The molecule has 10 heteroatoms. The minimum Gasteiger partial charge on any atom is -0.497 e. The highest BCUT2D eigenvalue weighted by atomic mass is 32.2. The molecular formula is C29H28N4O4S2. The molecule has 200 valence electrons. The lowest BCUT2D eigenvalue weighted by Crippen LogP contribution is -2.33. The number of methoxy groups -OCH3 is 1. The van der Waals surface area contributed by atoms with Crippen molar-refractivity contribution in [2.24, 2.45) is 5.10 Å². The number of hydrogen-bond donors (Lipinski definition) is 2. The minimum absolute atomic E-state index is 0.145. The molecule has 0 spiro atoms. The van der Waals surface area contributed by atoms with Gasteiger partial charge >= 0.3 is 0 Å². The average molecular weight is 561 g/mol. The summed E-state index contributed by atoms with van der Waals surface area (Å²) in [6.07, 6.45) is 1.79. The number of thioether (sulfide) groups is 1. The number of ether oxygens (including phenoxy) is 2. The summed E-state index contributed by atoms with van der Waals surface area (Å²) in [5.41, 5.74) is 6.89. The molecule has 0 saturated carbocycles. The van der Waals surface area contributed by atoms with Crippen molar-refractivity contribution in [3.05, 3.63) is 94.4 Å². The van der Waals surface area contributed by atoms with Gasteiger partial charge in [0, 0.05) is 5.69 Å². The van der Waals surface area contributed by atoms with Crippen molar-refractivity contribution in [3.8, 4) is 11.5 Å². The van der Waals surface area contributed by atoms with Crippen LogP contribution in [0.1, 0.15) is 23.6 Å². The summed E-state index contributed by atoms with van der Waals surface area (Å²) >= 11 is 6.70. The maximum absolute atomic E-state index is 12.9. The number of nitrogens with one attached hydrogen (secondary N) is 2. The standard InChI is InChI=1S/C29H28N4O4S2/c1-19-6-4-5-7-25(19)30-18-33-28(35)26(39-29(33)38)16-21-8-12-24(13-9-21)37-17-27(34)32-31-20(2)22-10-14-23(36-3)15-11-22/h4-16,30H,17-18H2,1-3H3,(H,32,34)/b26-16-,31-20-. The second-order valence-electron chi connectivity index (χ2n) is 8.58. The van der Waals surface area contributed by atoms with Crippen molar-refractivity contribution in [1.82, 2.24) is 10.3 Å². The van der Waals surface area contributed by atoms with Crippen molar-refractivity contribution >= 4 is 57.6 Å². The summed E-state index contributed by atoms with van der Waals surface area (Å²) in [5, 5.41) is 7.40. The molecule has 1 fully saturated rings. The number of benzene rings is 3. The normalized spacial score (nSPS) is 14.5. The Balaban J connectivity index is 1.28. The van der Waals surface area contributed by atoms with Crippen molar-refractivity contribution in [3.63, 3.8) is 0 Å². The first kappa shape index (κ1) is 27.9. The molecule has 4 rings (SSSR count). The molecule has 3 aromatic rings.